The van der Waals surface area contributed by atoms with Gasteiger partial charge < -0.3 is 5.32 Å². The van der Waals surface area contributed by atoms with Crippen molar-refractivity contribution < 1.29 is 4.79 Å². The van der Waals surface area contributed by atoms with Gasteiger partial charge in [0.15, 0.2) is 0 Å². The predicted octanol–water partition coefficient (Wildman–Crippen LogP) is 3.32. The van der Waals surface area contributed by atoms with Crippen molar-refractivity contribution in [3.05, 3.63) is 59.2 Å². The molecule has 0 atom stereocenters. The third kappa shape index (κ3) is 4.24. The zero-order valence-corrected chi connectivity index (χ0v) is 15.2. The Balaban J connectivity index is 1.65. The minimum atomic E-state index is -0.0907. The van der Waals surface area contributed by atoms with E-state index in [4.69, 9.17) is 0 Å². The maximum Gasteiger partial charge on any atom is 0.234 e. The number of hydrogen-bond donors (Lipinski definition) is 1. The van der Waals surface area contributed by atoms with Crippen LogP contribution in [0.4, 0.5) is 5.69 Å². The molecule has 3 aromatic rings. The van der Waals surface area contributed by atoms with E-state index >= 15 is 0 Å². The number of aromatic nitrogens is 4. The fourth-order valence-electron chi connectivity index (χ4n) is 2.34. The van der Waals surface area contributed by atoms with Crippen molar-refractivity contribution in [1.82, 2.24) is 20.2 Å². The highest BCUT2D eigenvalue weighted by Crippen LogP contribution is 2.20. The van der Waals surface area contributed by atoms with Crippen LogP contribution >= 0.6 is 11.8 Å². The molecule has 0 aliphatic rings. The fraction of sp³-hybridized carbons (Fsp3) is 0.222. The molecule has 3 rings (SSSR count). The number of carbonyl (C=O) groups excluding carboxylic acids is 1. The molecule has 128 valence electrons. The minimum absolute atomic E-state index is 0.0907. The highest BCUT2D eigenvalue weighted by molar-refractivity contribution is 7.99. The lowest BCUT2D eigenvalue weighted by molar-refractivity contribution is -0.113. The van der Waals surface area contributed by atoms with Gasteiger partial charge in [-0.1, -0.05) is 30.0 Å². The first kappa shape index (κ1) is 17.2. The molecule has 0 saturated carbocycles. The Morgan fingerprint density at radius 3 is 2.72 bits per heavy atom. The predicted molar refractivity (Wildman–Crippen MR) is 99.2 cm³/mol. The van der Waals surface area contributed by atoms with Crippen molar-refractivity contribution >= 4 is 23.4 Å². The van der Waals surface area contributed by atoms with Crippen molar-refractivity contribution in [2.24, 2.45) is 0 Å². The summed E-state index contributed by atoms with van der Waals surface area (Å²) < 4.78 is 1.64. The molecule has 0 radical (unpaired) electrons. The number of tetrazole rings is 1. The van der Waals surface area contributed by atoms with Crippen LogP contribution in [0.1, 0.15) is 16.7 Å². The van der Waals surface area contributed by atoms with Crippen LogP contribution in [-0.4, -0.2) is 31.9 Å². The second kappa shape index (κ2) is 7.48. The molecular weight excluding hydrogens is 334 g/mol. The third-order valence-electron chi connectivity index (χ3n) is 3.81. The number of thioether (sulfide) groups is 1. The van der Waals surface area contributed by atoms with Gasteiger partial charge in [-0.05, 0) is 72.2 Å². The van der Waals surface area contributed by atoms with Gasteiger partial charge >= 0.3 is 0 Å². The number of nitrogens with zero attached hydrogens (tertiary/aromatic N) is 4. The average molecular weight is 353 g/mol. The summed E-state index contributed by atoms with van der Waals surface area (Å²) in [5.74, 6) is 0.145. The van der Waals surface area contributed by atoms with E-state index in [9.17, 15) is 4.79 Å². The highest BCUT2D eigenvalue weighted by Gasteiger charge is 2.12. The number of anilines is 1. The average Bonchev–Trinajstić information content (AvgIpc) is 3.05. The topological polar surface area (TPSA) is 72.7 Å². The van der Waals surface area contributed by atoms with Gasteiger partial charge in [-0.2, -0.15) is 4.68 Å². The SMILES string of the molecule is Cc1cccc(-n2nnnc2SCC(=O)Nc2ccc(C)c(C)c2)c1. The third-order valence-corrected chi connectivity index (χ3v) is 4.73. The van der Waals surface area contributed by atoms with Crippen LogP contribution in [0.25, 0.3) is 5.69 Å². The quantitative estimate of drug-likeness (QED) is 0.713. The van der Waals surface area contributed by atoms with Gasteiger partial charge in [-0.25, -0.2) is 0 Å². The van der Waals surface area contributed by atoms with Crippen molar-refractivity contribution in [1.29, 1.82) is 0 Å². The monoisotopic (exact) mass is 353 g/mol. The van der Waals surface area contributed by atoms with E-state index in [-0.39, 0.29) is 11.7 Å². The summed E-state index contributed by atoms with van der Waals surface area (Å²) in [5.41, 5.74) is 5.14. The normalized spacial score (nSPS) is 10.7. The number of aryl methyl sites for hydroxylation is 3. The van der Waals surface area contributed by atoms with E-state index in [0.29, 0.717) is 5.16 Å². The maximum absolute atomic E-state index is 12.2. The van der Waals surface area contributed by atoms with Crippen LogP contribution in [0.5, 0.6) is 0 Å². The molecule has 0 aliphatic heterocycles. The van der Waals surface area contributed by atoms with Gasteiger partial charge in [0.05, 0.1) is 11.4 Å². The van der Waals surface area contributed by atoms with Crippen LogP contribution in [-0.2, 0) is 4.79 Å². The molecule has 0 bridgehead atoms. The maximum atomic E-state index is 12.2. The molecular formula is C18H19N5OS. The van der Waals surface area contributed by atoms with Crippen LogP contribution in [0, 0.1) is 20.8 Å². The van der Waals surface area contributed by atoms with Gasteiger partial charge in [0.25, 0.3) is 0 Å². The molecule has 0 fully saturated rings. The lowest BCUT2D eigenvalue weighted by Crippen LogP contribution is -2.14. The number of nitrogens with one attached hydrogen (secondary N) is 1. The number of carbonyl (C=O) groups is 1. The molecule has 1 N–H and O–H groups in total. The van der Waals surface area contributed by atoms with E-state index in [0.717, 1.165) is 22.5 Å². The summed E-state index contributed by atoms with van der Waals surface area (Å²) in [6.45, 7) is 6.08. The zero-order chi connectivity index (χ0) is 17.8. The van der Waals surface area contributed by atoms with Crippen LogP contribution in [0.3, 0.4) is 0 Å². The molecule has 0 saturated heterocycles. The molecule has 25 heavy (non-hydrogen) atoms. The second-order valence-electron chi connectivity index (χ2n) is 5.85. The Kier molecular flexibility index (Phi) is 5.14. The molecule has 0 unspecified atom stereocenters. The van der Waals surface area contributed by atoms with Gasteiger partial charge in [0.1, 0.15) is 0 Å². The van der Waals surface area contributed by atoms with Crippen molar-refractivity contribution in [3.63, 3.8) is 0 Å². The van der Waals surface area contributed by atoms with E-state index in [1.807, 2.05) is 63.2 Å². The van der Waals surface area contributed by atoms with Gasteiger partial charge in [0.2, 0.25) is 11.1 Å². The molecule has 0 spiro atoms. The zero-order valence-electron chi connectivity index (χ0n) is 14.4. The molecule has 6 nitrogen and oxygen atoms in total. The minimum Gasteiger partial charge on any atom is -0.325 e. The highest BCUT2D eigenvalue weighted by atomic mass is 32.2. The fourth-order valence-corrected chi connectivity index (χ4v) is 3.03. The molecule has 1 heterocycles. The van der Waals surface area contributed by atoms with Crippen molar-refractivity contribution in [3.8, 4) is 5.69 Å². The first-order chi connectivity index (χ1) is 12.0. The largest absolute Gasteiger partial charge is 0.325 e. The number of hydrogen-bond acceptors (Lipinski definition) is 5. The summed E-state index contributed by atoms with van der Waals surface area (Å²) in [6.07, 6.45) is 0. The van der Waals surface area contributed by atoms with Crippen LogP contribution in [0.2, 0.25) is 0 Å². The van der Waals surface area contributed by atoms with Crippen molar-refractivity contribution in [2.45, 2.75) is 25.9 Å². The van der Waals surface area contributed by atoms with Crippen LogP contribution < -0.4 is 5.32 Å². The lowest BCUT2D eigenvalue weighted by Gasteiger charge is -2.08. The summed E-state index contributed by atoms with van der Waals surface area (Å²) in [5, 5.41) is 15.2. The van der Waals surface area contributed by atoms with E-state index < -0.39 is 0 Å². The standard InChI is InChI=1S/C18H19N5OS/c1-12-5-4-6-16(9-12)23-18(20-21-22-23)25-11-17(24)19-15-8-7-13(2)14(3)10-15/h4-10H,11H2,1-3H3,(H,19,24). The Hall–Kier alpha value is -2.67. The Morgan fingerprint density at radius 2 is 1.96 bits per heavy atom. The molecule has 1 amide bonds. The summed E-state index contributed by atoms with van der Waals surface area (Å²) in [7, 11) is 0. The van der Waals surface area contributed by atoms with E-state index in [1.165, 1.54) is 17.3 Å². The molecule has 2 aromatic carbocycles. The number of rotatable bonds is 5. The lowest BCUT2D eigenvalue weighted by atomic mass is 10.1. The van der Waals surface area contributed by atoms with Gasteiger partial charge in [-0.15, -0.1) is 5.10 Å². The first-order valence-electron chi connectivity index (χ1n) is 7.88. The first-order valence-corrected chi connectivity index (χ1v) is 8.87. The van der Waals surface area contributed by atoms with Gasteiger partial charge in [-0.3, -0.25) is 4.79 Å². The second-order valence-corrected chi connectivity index (χ2v) is 6.79. The Morgan fingerprint density at radius 1 is 1.12 bits per heavy atom. The van der Waals surface area contributed by atoms with E-state index in [1.54, 1.807) is 4.68 Å². The summed E-state index contributed by atoms with van der Waals surface area (Å²) in [4.78, 5) is 12.2. The summed E-state index contributed by atoms with van der Waals surface area (Å²) in [6, 6.07) is 13.8. The molecule has 1 aromatic heterocycles. The Bertz CT molecular complexity index is 906. The summed E-state index contributed by atoms with van der Waals surface area (Å²) >= 11 is 1.30. The van der Waals surface area contributed by atoms with Crippen LogP contribution in [0.15, 0.2) is 47.6 Å². The Labute approximate surface area is 150 Å². The van der Waals surface area contributed by atoms with Gasteiger partial charge in [0, 0.05) is 5.69 Å². The molecule has 0 aliphatic carbocycles. The number of benzene rings is 2. The van der Waals surface area contributed by atoms with E-state index in [2.05, 4.69) is 20.8 Å². The number of amides is 1. The smallest absolute Gasteiger partial charge is 0.234 e. The molecule has 7 heteroatoms. The van der Waals surface area contributed by atoms with Crippen molar-refractivity contribution in [2.75, 3.05) is 11.1 Å².